The van der Waals surface area contributed by atoms with Gasteiger partial charge in [-0.2, -0.15) is 0 Å². The van der Waals surface area contributed by atoms with Gasteiger partial charge in [-0.1, -0.05) is 13.8 Å². The Morgan fingerprint density at radius 3 is 2.50 bits per heavy atom. The first kappa shape index (κ1) is 11.2. The van der Waals surface area contributed by atoms with Crippen LogP contribution in [0, 0.1) is 5.92 Å². The van der Waals surface area contributed by atoms with Gasteiger partial charge in [0.05, 0.1) is 0 Å². The van der Waals surface area contributed by atoms with E-state index in [1.54, 1.807) is 0 Å². The number of aliphatic imine (C=N–C) groups is 1. The molecule has 0 heterocycles. The Bertz CT molecular complexity index is 142. The summed E-state index contributed by atoms with van der Waals surface area (Å²) in [6.45, 7) is 8.03. The predicted molar refractivity (Wildman–Crippen MR) is 52.8 cm³/mol. The Hall–Kier alpha value is -0.770. The van der Waals surface area contributed by atoms with E-state index in [2.05, 4.69) is 24.3 Å². The molecule has 0 aliphatic rings. The zero-order valence-corrected chi connectivity index (χ0v) is 8.46. The number of hydrogen-bond acceptors (Lipinski definition) is 2. The van der Waals surface area contributed by atoms with E-state index in [9.17, 15) is 0 Å². The molecule has 0 rings (SSSR count). The number of nitrogens with two attached hydrogens (primary N) is 1. The van der Waals surface area contributed by atoms with Gasteiger partial charge in [-0.05, 0) is 12.8 Å². The number of hydrogen-bond donors (Lipinski definition) is 2. The average molecular weight is 172 g/mol. The van der Waals surface area contributed by atoms with E-state index in [1.165, 1.54) is 0 Å². The first-order valence-corrected chi connectivity index (χ1v) is 4.34. The van der Waals surface area contributed by atoms with Gasteiger partial charge in [0, 0.05) is 20.1 Å². The number of nitrogens with zero attached hydrogens (tertiary/aromatic N) is 2. The first-order valence-electron chi connectivity index (χ1n) is 4.34. The molecule has 0 aromatic rings. The molecular weight excluding hydrogens is 152 g/mol. The highest BCUT2D eigenvalue weighted by Gasteiger charge is 2.05. The van der Waals surface area contributed by atoms with Gasteiger partial charge >= 0.3 is 0 Å². The maximum Gasteiger partial charge on any atom is 0.208 e. The highest BCUT2D eigenvalue weighted by atomic mass is 15.4. The minimum absolute atomic E-state index is 0.616. The second kappa shape index (κ2) is 5.83. The molecule has 0 aliphatic heterocycles. The number of nitrogens with one attached hydrogen (secondary N) is 1. The molecule has 0 aromatic heterocycles. The molecule has 0 amide bonds. The summed E-state index contributed by atoms with van der Waals surface area (Å²) >= 11 is 0. The van der Waals surface area contributed by atoms with Crippen molar-refractivity contribution in [3.8, 4) is 0 Å². The zero-order valence-electron chi connectivity index (χ0n) is 8.46. The molecule has 0 aliphatic carbocycles. The van der Waals surface area contributed by atoms with Gasteiger partial charge in [0.2, 0.25) is 5.96 Å². The number of guanidine groups is 1. The topological polar surface area (TPSA) is 53.6 Å². The molecule has 0 aromatic carbocycles. The predicted octanol–water partition coefficient (Wildman–Crippen LogP) is 0.413. The molecule has 0 fully saturated rings. The van der Waals surface area contributed by atoms with Gasteiger partial charge in [-0.15, -0.1) is 0 Å². The molecule has 0 saturated carbocycles. The highest BCUT2D eigenvalue weighted by Crippen LogP contribution is 1.95. The second-order valence-corrected chi connectivity index (χ2v) is 3.22. The van der Waals surface area contributed by atoms with Crippen molar-refractivity contribution in [2.45, 2.75) is 20.8 Å². The summed E-state index contributed by atoms with van der Waals surface area (Å²) in [5.74, 6) is 6.68. The van der Waals surface area contributed by atoms with Crippen LogP contribution in [0.5, 0.6) is 0 Å². The fourth-order valence-electron chi connectivity index (χ4n) is 1.06. The van der Waals surface area contributed by atoms with Crippen molar-refractivity contribution in [1.82, 2.24) is 10.3 Å². The Kier molecular flexibility index (Phi) is 5.45. The van der Waals surface area contributed by atoms with Crippen molar-refractivity contribution in [2.24, 2.45) is 16.8 Å². The Morgan fingerprint density at radius 2 is 2.17 bits per heavy atom. The number of rotatable bonds is 3. The van der Waals surface area contributed by atoms with Crippen molar-refractivity contribution in [3.05, 3.63) is 0 Å². The van der Waals surface area contributed by atoms with Crippen LogP contribution in [0.3, 0.4) is 0 Å². The van der Waals surface area contributed by atoms with E-state index >= 15 is 0 Å². The quantitative estimate of drug-likeness (QED) is 0.281. The van der Waals surface area contributed by atoms with Crippen LogP contribution in [0.25, 0.3) is 0 Å². The van der Waals surface area contributed by atoms with Crippen molar-refractivity contribution in [3.63, 3.8) is 0 Å². The lowest BCUT2D eigenvalue weighted by molar-refractivity contribution is 0.411. The van der Waals surface area contributed by atoms with E-state index in [0.717, 1.165) is 19.0 Å². The van der Waals surface area contributed by atoms with Crippen LogP contribution in [0.4, 0.5) is 0 Å². The smallest absolute Gasteiger partial charge is 0.208 e. The zero-order chi connectivity index (χ0) is 9.56. The van der Waals surface area contributed by atoms with Gasteiger partial charge < -0.3 is 4.90 Å². The van der Waals surface area contributed by atoms with Crippen LogP contribution >= 0.6 is 0 Å². The van der Waals surface area contributed by atoms with E-state index < -0.39 is 0 Å². The van der Waals surface area contributed by atoms with Crippen LogP contribution < -0.4 is 11.3 Å². The largest absolute Gasteiger partial charge is 0.345 e. The van der Waals surface area contributed by atoms with Crippen molar-refractivity contribution >= 4 is 5.96 Å². The molecule has 0 spiro atoms. The van der Waals surface area contributed by atoms with E-state index in [1.807, 2.05) is 18.9 Å². The first-order chi connectivity index (χ1) is 5.61. The Morgan fingerprint density at radius 1 is 1.58 bits per heavy atom. The third-order valence-corrected chi connectivity index (χ3v) is 1.44. The van der Waals surface area contributed by atoms with E-state index in [0.29, 0.717) is 5.92 Å². The van der Waals surface area contributed by atoms with Gasteiger partial charge in [0.15, 0.2) is 0 Å². The third-order valence-electron chi connectivity index (χ3n) is 1.44. The monoisotopic (exact) mass is 172 g/mol. The normalized spacial score (nSPS) is 12.0. The molecule has 4 heteroatoms. The standard InChI is InChI=1S/C8H20N4/c1-5-10-8(11-9)12(4)6-7(2)3/h7H,5-6,9H2,1-4H3,(H,10,11). The molecule has 72 valence electrons. The van der Waals surface area contributed by atoms with Crippen molar-refractivity contribution < 1.29 is 0 Å². The summed E-state index contributed by atoms with van der Waals surface area (Å²) in [6.07, 6.45) is 0. The minimum Gasteiger partial charge on any atom is -0.345 e. The lowest BCUT2D eigenvalue weighted by Gasteiger charge is -2.22. The van der Waals surface area contributed by atoms with Gasteiger partial charge in [-0.3, -0.25) is 10.4 Å². The second-order valence-electron chi connectivity index (χ2n) is 3.22. The van der Waals surface area contributed by atoms with Crippen molar-refractivity contribution in [1.29, 1.82) is 0 Å². The fraction of sp³-hybridized carbons (Fsp3) is 0.875. The SMILES string of the molecule is CCN=C(NN)N(C)CC(C)C. The molecule has 0 saturated heterocycles. The maximum absolute atomic E-state index is 5.31. The fourth-order valence-corrected chi connectivity index (χ4v) is 1.06. The van der Waals surface area contributed by atoms with Gasteiger partial charge in [0.25, 0.3) is 0 Å². The van der Waals surface area contributed by atoms with Crippen LogP contribution in [0.1, 0.15) is 20.8 Å². The summed E-state index contributed by atoms with van der Waals surface area (Å²) in [5.41, 5.74) is 2.58. The summed E-state index contributed by atoms with van der Waals surface area (Å²) in [5, 5.41) is 0. The molecular formula is C8H20N4. The van der Waals surface area contributed by atoms with Crippen LogP contribution in [-0.4, -0.2) is 31.0 Å². The minimum atomic E-state index is 0.616. The molecule has 0 unspecified atom stereocenters. The molecule has 3 N–H and O–H groups in total. The molecule has 0 radical (unpaired) electrons. The summed E-state index contributed by atoms with van der Waals surface area (Å²) < 4.78 is 0. The molecule has 4 nitrogen and oxygen atoms in total. The van der Waals surface area contributed by atoms with Crippen molar-refractivity contribution in [2.75, 3.05) is 20.1 Å². The van der Waals surface area contributed by atoms with Crippen LogP contribution in [0.15, 0.2) is 4.99 Å². The lowest BCUT2D eigenvalue weighted by atomic mass is 10.2. The Balaban J connectivity index is 4.03. The molecule has 0 atom stereocenters. The van der Waals surface area contributed by atoms with E-state index in [4.69, 9.17) is 5.84 Å². The molecule has 0 bridgehead atoms. The third kappa shape index (κ3) is 4.18. The van der Waals surface area contributed by atoms with Gasteiger partial charge in [0.1, 0.15) is 0 Å². The summed E-state index contributed by atoms with van der Waals surface area (Å²) in [7, 11) is 1.98. The van der Waals surface area contributed by atoms with Crippen LogP contribution in [-0.2, 0) is 0 Å². The average Bonchev–Trinajstić information content (AvgIpc) is 1.98. The van der Waals surface area contributed by atoms with Gasteiger partial charge in [-0.25, -0.2) is 5.84 Å². The summed E-state index contributed by atoms with van der Waals surface area (Å²) in [6, 6.07) is 0. The molecule has 12 heavy (non-hydrogen) atoms. The van der Waals surface area contributed by atoms with E-state index in [-0.39, 0.29) is 0 Å². The maximum atomic E-state index is 5.31. The Labute approximate surface area is 74.8 Å². The van der Waals surface area contributed by atoms with Crippen LogP contribution in [0.2, 0.25) is 0 Å². The highest BCUT2D eigenvalue weighted by molar-refractivity contribution is 5.79. The lowest BCUT2D eigenvalue weighted by Crippen LogP contribution is -2.44. The number of hydrazine groups is 1. The summed E-state index contributed by atoms with van der Waals surface area (Å²) in [4.78, 5) is 6.22.